The van der Waals surface area contributed by atoms with Crippen molar-refractivity contribution in [3.05, 3.63) is 64.0 Å². The van der Waals surface area contributed by atoms with E-state index in [2.05, 4.69) is 24.9 Å². The van der Waals surface area contributed by atoms with Gasteiger partial charge in [-0.25, -0.2) is 12.8 Å². The van der Waals surface area contributed by atoms with Crippen LogP contribution in [0.4, 0.5) is 9.52 Å². The molecule has 4 aromatic rings. The number of anilines is 1. The number of nitrogens with zero attached hydrogens (tertiary/aromatic N) is 5. The van der Waals surface area contributed by atoms with Gasteiger partial charge in [0.25, 0.3) is 10.0 Å². The van der Waals surface area contributed by atoms with Crippen LogP contribution in [0.1, 0.15) is 6.04 Å². The molecule has 5 rings (SSSR count). The molecule has 2 aromatic carbocycles. The zero-order valence-electron chi connectivity index (χ0n) is 18.0. The number of hydrogen-bond acceptors (Lipinski definition) is 8. The molecule has 2 aromatic heterocycles. The van der Waals surface area contributed by atoms with Gasteiger partial charge in [-0.05, 0) is 37.4 Å². The minimum absolute atomic E-state index is 0.000855. The van der Waals surface area contributed by atoms with Crippen LogP contribution in [0.5, 0.6) is 11.5 Å². The highest BCUT2D eigenvalue weighted by atomic mass is 35.5. The Labute approximate surface area is 214 Å². The molecule has 1 N–H and O–H groups in total. The normalized spacial score (nSPS) is 14.6. The summed E-state index contributed by atoms with van der Waals surface area (Å²) in [5, 5.41) is 12.0. The van der Waals surface area contributed by atoms with Crippen molar-refractivity contribution < 1.29 is 17.5 Å². The molecule has 0 aliphatic carbocycles. The summed E-state index contributed by atoms with van der Waals surface area (Å²) in [7, 11) is -2.26. The van der Waals surface area contributed by atoms with Crippen molar-refractivity contribution in [3.63, 3.8) is 0 Å². The lowest BCUT2D eigenvalue weighted by molar-refractivity contribution is 0.132. The van der Waals surface area contributed by atoms with E-state index in [0.29, 0.717) is 16.3 Å². The zero-order valence-corrected chi connectivity index (χ0v) is 21.2. The lowest BCUT2D eigenvalue weighted by atomic mass is 10.1. The topological polar surface area (TPSA) is 102 Å². The molecule has 0 amide bonds. The number of likely N-dealkylation sites (N-methyl/N-ethyl adjacent to an activating group) is 1. The predicted molar refractivity (Wildman–Crippen MR) is 131 cm³/mol. The Morgan fingerprint density at radius 2 is 1.97 bits per heavy atom. The second-order valence-corrected chi connectivity index (χ2v) is 11.2. The minimum atomic E-state index is -4.28. The predicted octanol–water partition coefficient (Wildman–Crippen LogP) is 4.93. The average Bonchev–Trinajstić information content (AvgIpc) is 3.46. The van der Waals surface area contributed by atoms with E-state index in [1.165, 1.54) is 5.51 Å². The van der Waals surface area contributed by atoms with Gasteiger partial charge in [0.1, 0.15) is 27.7 Å². The summed E-state index contributed by atoms with van der Waals surface area (Å²) in [6.07, 6.45) is 1.69. The fourth-order valence-electron chi connectivity index (χ4n) is 3.73. The molecule has 14 heteroatoms. The summed E-state index contributed by atoms with van der Waals surface area (Å²) < 4.78 is 50.2. The summed E-state index contributed by atoms with van der Waals surface area (Å²) in [5.41, 5.74) is 2.75. The lowest BCUT2D eigenvalue weighted by Gasteiger charge is -2.37. The zero-order chi connectivity index (χ0) is 24.7. The van der Waals surface area contributed by atoms with Gasteiger partial charge in [0, 0.05) is 35.9 Å². The van der Waals surface area contributed by atoms with Crippen molar-refractivity contribution in [2.24, 2.45) is 0 Å². The Kier molecular flexibility index (Phi) is 6.40. The van der Waals surface area contributed by atoms with E-state index in [0.717, 1.165) is 42.3 Å². The third-order valence-electron chi connectivity index (χ3n) is 5.36. The first-order valence-electron chi connectivity index (χ1n) is 10.2. The lowest BCUT2D eigenvalue weighted by Crippen LogP contribution is -2.45. The summed E-state index contributed by atoms with van der Waals surface area (Å²) in [4.78, 5) is 1.53. The highest BCUT2D eigenvalue weighted by Crippen LogP contribution is 2.40. The summed E-state index contributed by atoms with van der Waals surface area (Å²) in [6, 6.07) is 8.94. The van der Waals surface area contributed by atoms with Gasteiger partial charge in [-0.15, -0.1) is 10.2 Å². The second kappa shape index (κ2) is 9.36. The third-order valence-corrected chi connectivity index (χ3v) is 7.98. The summed E-state index contributed by atoms with van der Waals surface area (Å²) in [5.74, 6) is -0.746. The third kappa shape index (κ3) is 4.84. The molecule has 0 atom stereocenters. The largest absolute Gasteiger partial charge is 0.455 e. The molecule has 0 saturated carbocycles. The molecule has 0 spiro atoms. The quantitative estimate of drug-likeness (QED) is 0.345. The minimum Gasteiger partial charge on any atom is -0.455 e. The highest BCUT2D eigenvalue weighted by Gasteiger charge is 2.28. The van der Waals surface area contributed by atoms with Crippen molar-refractivity contribution in [2.75, 3.05) is 24.9 Å². The fraction of sp³-hybridized carbons (Fsp3) is 0.190. The van der Waals surface area contributed by atoms with Gasteiger partial charge in [0.15, 0.2) is 0 Å². The molecule has 9 nitrogen and oxygen atoms in total. The molecular weight excluding hydrogens is 538 g/mol. The Balaban J connectivity index is 1.48. The Morgan fingerprint density at radius 1 is 1.17 bits per heavy atom. The molecule has 3 heterocycles. The molecule has 35 heavy (non-hydrogen) atoms. The van der Waals surface area contributed by atoms with E-state index >= 15 is 0 Å². The number of ether oxygens (including phenoxy) is 1. The van der Waals surface area contributed by atoms with Crippen LogP contribution in [0.15, 0.2) is 53.0 Å². The maximum atomic E-state index is 14.9. The summed E-state index contributed by atoms with van der Waals surface area (Å²) in [6.45, 7) is 1.70. The van der Waals surface area contributed by atoms with E-state index in [1.807, 2.05) is 17.8 Å². The van der Waals surface area contributed by atoms with E-state index in [9.17, 15) is 12.8 Å². The number of halogens is 3. The fourth-order valence-corrected chi connectivity index (χ4v) is 5.95. The maximum absolute atomic E-state index is 14.9. The second-order valence-electron chi connectivity index (χ2n) is 7.84. The van der Waals surface area contributed by atoms with Crippen LogP contribution >= 0.6 is 34.5 Å². The van der Waals surface area contributed by atoms with Crippen LogP contribution < -0.4 is 9.46 Å². The smallest absolute Gasteiger partial charge is 0.266 e. The van der Waals surface area contributed by atoms with Gasteiger partial charge < -0.3 is 9.64 Å². The molecule has 0 radical (unpaired) electrons. The first-order chi connectivity index (χ1) is 16.7. The molecule has 0 bridgehead atoms. The van der Waals surface area contributed by atoms with E-state index in [1.54, 1.807) is 24.4 Å². The van der Waals surface area contributed by atoms with Crippen LogP contribution in [0.25, 0.3) is 11.3 Å². The van der Waals surface area contributed by atoms with Gasteiger partial charge in [0.2, 0.25) is 5.13 Å². The van der Waals surface area contributed by atoms with Gasteiger partial charge in [-0.1, -0.05) is 34.5 Å². The van der Waals surface area contributed by atoms with Crippen molar-refractivity contribution in [3.8, 4) is 22.8 Å². The van der Waals surface area contributed by atoms with E-state index in [4.69, 9.17) is 27.9 Å². The maximum Gasteiger partial charge on any atom is 0.266 e. The summed E-state index contributed by atoms with van der Waals surface area (Å²) >= 11 is 13.5. The van der Waals surface area contributed by atoms with Crippen molar-refractivity contribution in [2.45, 2.75) is 10.9 Å². The molecule has 0 unspecified atom stereocenters. The van der Waals surface area contributed by atoms with Gasteiger partial charge in [-0.3, -0.25) is 9.40 Å². The number of hydrogen-bond donors (Lipinski definition) is 1. The molecule has 1 aliphatic rings. The first kappa shape index (κ1) is 23.9. The number of benzene rings is 2. The van der Waals surface area contributed by atoms with Crippen molar-refractivity contribution >= 4 is 49.7 Å². The molecular formula is C21H17Cl2FN6O3S2. The molecule has 1 fully saturated rings. The van der Waals surface area contributed by atoms with E-state index in [-0.39, 0.29) is 21.9 Å². The standard InChI is InChI=1S/C21H17Cl2FN6O3S2/c1-29-9-13(10-29)30-17(4-5-26-30)14-6-12(22)2-3-18(14)33-19-8-16(24)20(7-15(19)23)35(31,32)28-21-27-25-11-34-21/h2-8,11,13H,9-10H2,1H3,(H,27,28). The Morgan fingerprint density at radius 3 is 2.69 bits per heavy atom. The number of sulfonamides is 1. The number of aromatic nitrogens is 4. The Hall–Kier alpha value is -2.77. The monoisotopic (exact) mass is 554 g/mol. The molecule has 1 saturated heterocycles. The number of nitrogens with one attached hydrogen (secondary N) is 1. The highest BCUT2D eigenvalue weighted by molar-refractivity contribution is 7.93. The van der Waals surface area contributed by atoms with Crippen LogP contribution in [0, 0.1) is 5.82 Å². The van der Waals surface area contributed by atoms with Gasteiger partial charge >= 0.3 is 0 Å². The van der Waals surface area contributed by atoms with Crippen LogP contribution in [-0.2, 0) is 10.0 Å². The van der Waals surface area contributed by atoms with Crippen LogP contribution in [0.2, 0.25) is 10.0 Å². The van der Waals surface area contributed by atoms with Crippen LogP contribution in [-0.4, -0.2) is 53.4 Å². The average molecular weight is 555 g/mol. The Bertz CT molecular complexity index is 1490. The number of rotatable bonds is 7. The van der Waals surface area contributed by atoms with Gasteiger partial charge in [-0.2, -0.15) is 5.10 Å². The molecule has 182 valence electrons. The number of likely N-dealkylation sites (tertiary alicyclic amines) is 1. The molecule has 1 aliphatic heterocycles. The first-order valence-corrected chi connectivity index (χ1v) is 13.3. The van der Waals surface area contributed by atoms with Crippen LogP contribution in [0.3, 0.4) is 0 Å². The SMILES string of the molecule is CN1CC(n2nccc2-c2cc(Cl)ccc2Oc2cc(F)c(S(=O)(=O)Nc3nncs3)cc2Cl)C1. The van der Waals surface area contributed by atoms with Gasteiger partial charge in [0.05, 0.1) is 16.8 Å². The van der Waals surface area contributed by atoms with E-state index < -0.39 is 20.7 Å². The van der Waals surface area contributed by atoms with Crippen molar-refractivity contribution in [1.82, 2.24) is 24.9 Å². The van der Waals surface area contributed by atoms with Crippen molar-refractivity contribution in [1.29, 1.82) is 0 Å².